The third-order valence-corrected chi connectivity index (χ3v) is 7.67. The van der Waals surface area contributed by atoms with Crippen molar-refractivity contribution in [2.45, 2.75) is 58.9 Å². The van der Waals surface area contributed by atoms with E-state index in [1.165, 1.54) is 16.0 Å². The van der Waals surface area contributed by atoms with E-state index < -0.39 is 0 Å². The van der Waals surface area contributed by atoms with Crippen molar-refractivity contribution in [2.75, 3.05) is 26.2 Å². The molecule has 1 fully saturated rings. The van der Waals surface area contributed by atoms with Gasteiger partial charge in [0.05, 0.1) is 12.6 Å². The predicted octanol–water partition coefficient (Wildman–Crippen LogP) is 5.27. The van der Waals surface area contributed by atoms with Crippen molar-refractivity contribution in [1.82, 2.24) is 9.80 Å². The van der Waals surface area contributed by atoms with E-state index in [0.717, 1.165) is 25.0 Å². The Balaban J connectivity index is 1.48. The Bertz CT molecular complexity index is 962. The molecule has 1 aliphatic heterocycles. The molecule has 0 saturated heterocycles. The average Bonchev–Trinajstić information content (AvgIpc) is 3.48. The number of benzene rings is 1. The fourth-order valence-corrected chi connectivity index (χ4v) is 5.39. The molecular weight excluding hydrogens is 432 g/mol. The molecule has 1 aliphatic carbocycles. The average molecular weight is 469 g/mol. The van der Waals surface area contributed by atoms with Gasteiger partial charge in [-0.1, -0.05) is 39.8 Å². The van der Waals surface area contributed by atoms with Gasteiger partial charge in [0, 0.05) is 23.9 Å². The summed E-state index contributed by atoms with van der Waals surface area (Å²) in [5, 5.41) is 2.10. The highest BCUT2D eigenvalue weighted by Crippen LogP contribution is 2.35. The Labute approximate surface area is 201 Å². The Morgan fingerprint density at radius 2 is 1.85 bits per heavy atom. The zero-order valence-corrected chi connectivity index (χ0v) is 21.1. The molecule has 0 bridgehead atoms. The second kappa shape index (κ2) is 10.3. The van der Waals surface area contributed by atoms with Crippen molar-refractivity contribution >= 4 is 23.2 Å². The number of hydrogen-bond donors (Lipinski definition) is 0. The quantitative estimate of drug-likeness (QED) is 0.504. The first-order valence-electron chi connectivity index (χ1n) is 12.2. The number of rotatable bonds is 9. The molecule has 1 aromatic carbocycles. The predicted molar refractivity (Wildman–Crippen MR) is 133 cm³/mol. The summed E-state index contributed by atoms with van der Waals surface area (Å²) in [7, 11) is 0. The first-order valence-corrected chi connectivity index (χ1v) is 13.1. The monoisotopic (exact) mass is 468 g/mol. The van der Waals surface area contributed by atoms with E-state index in [1.54, 1.807) is 16.2 Å². The number of carbonyl (C=O) groups is 2. The van der Waals surface area contributed by atoms with E-state index in [0.29, 0.717) is 31.5 Å². The van der Waals surface area contributed by atoms with Gasteiger partial charge in [-0.05, 0) is 65.8 Å². The van der Waals surface area contributed by atoms with Crippen LogP contribution >= 0.6 is 11.3 Å². The van der Waals surface area contributed by atoms with Gasteiger partial charge in [0.15, 0.2) is 0 Å². The number of hydrogen-bond acceptors (Lipinski definition) is 4. The second-order valence-corrected chi connectivity index (χ2v) is 11.0. The third-order valence-electron chi connectivity index (χ3n) is 6.68. The molecule has 33 heavy (non-hydrogen) atoms. The van der Waals surface area contributed by atoms with Gasteiger partial charge < -0.3 is 14.5 Å². The van der Waals surface area contributed by atoms with Crippen LogP contribution in [0.15, 0.2) is 35.7 Å². The molecule has 1 saturated carbocycles. The maximum atomic E-state index is 13.5. The number of amides is 2. The molecule has 2 heterocycles. The van der Waals surface area contributed by atoms with E-state index in [4.69, 9.17) is 4.74 Å². The Hall–Kier alpha value is -2.34. The Morgan fingerprint density at radius 3 is 2.48 bits per heavy atom. The summed E-state index contributed by atoms with van der Waals surface area (Å²) in [5.41, 5.74) is 2.46. The smallest absolute Gasteiger partial charge is 0.242 e. The van der Waals surface area contributed by atoms with Gasteiger partial charge >= 0.3 is 0 Å². The highest BCUT2D eigenvalue weighted by Gasteiger charge is 2.35. The minimum atomic E-state index is -0.130. The number of fused-ring (bicyclic) bond motifs is 1. The molecule has 2 amide bonds. The third kappa shape index (κ3) is 5.78. The van der Waals surface area contributed by atoms with Crippen LogP contribution < -0.4 is 4.74 Å². The summed E-state index contributed by atoms with van der Waals surface area (Å²) in [6.45, 7) is 10.1. The van der Waals surface area contributed by atoms with Crippen molar-refractivity contribution in [3.05, 3.63) is 51.7 Å². The zero-order chi connectivity index (χ0) is 23.5. The minimum Gasteiger partial charge on any atom is -0.491 e. The van der Waals surface area contributed by atoms with Gasteiger partial charge in [-0.3, -0.25) is 9.59 Å². The van der Waals surface area contributed by atoms with Crippen LogP contribution in [-0.4, -0.2) is 47.9 Å². The number of nitrogens with zero attached hydrogens (tertiary/aromatic N) is 2. The summed E-state index contributed by atoms with van der Waals surface area (Å²) < 4.78 is 6.18. The number of thiophene rings is 1. The fraction of sp³-hybridized carbons (Fsp3) is 0.556. The second-order valence-electron chi connectivity index (χ2n) is 10.0. The summed E-state index contributed by atoms with van der Waals surface area (Å²) in [6.07, 6.45) is 3.17. The van der Waals surface area contributed by atoms with Crippen LogP contribution in [0.2, 0.25) is 0 Å². The van der Waals surface area contributed by atoms with Gasteiger partial charge in [0.2, 0.25) is 11.8 Å². The maximum Gasteiger partial charge on any atom is 0.242 e. The molecule has 1 aromatic heterocycles. The lowest BCUT2D eigenvalue weighted by molar-refractivity contribution is -0.144. The Morgan fingerprint density at radius 1 is 1.12 bits per heavy atom. The number of carbonyl (C=O) groups excluding carboxylic acids is 2. The van der Waals surface area contributed by atoms with Crippen molar-refractivity contribution < 1.29 is 14.3 Å². The largest absolute Gasteiger partial charge is 0.491 e. The number of ether oxygens (including phenoxy) is 1. The first kappa shape index (κ1) is 23.8. The lowest BCUT2D eigenvalue weighted by atomic mass is 10.00. The van der Waals surface area contributed by atoms with Gasteiger partial charge in [0.25, 0.3) is 0 Å². The van der Waals surface area contributed by atoms with Crippen LogP contribution in [0.3, 0.4) is 0 Å². The van der Waals surface area contributed by atoms with Crippen LogP contribution in [0.4, 0.5) is 0 Å². The van der Waals surface area contributed by atoms with Crippen molar-refractivity contribution in [2.24, 2.45) is 11.8 Å². The van der Waals surface area contributed by atoms with Crippen molar-refractivity contribution in [3.8, 4) is 5.75 Å². The summed E-state index contributed by atoms with van der Waals surface area (Å²) in [4.78, 5) is 31.3. The molecule has 0 radical (unpaired) electrons. The van der Waals surface area contributed by atoms with E-state index in [1.807, 2.05) is 30.9 Å². The summed E-state index contributed by atoms with van der Waals surface area (Å²) >= 11 is 1.75. The standard InChI is InChI=1S/C27H36N2O3S/c1-18(2)21-7-9-22(10-8-21)32-17-24-23-12-14-33-25(23)11-13-29(24)26(30)16-28(15-20-5-6-20)27(31)19(3)4/h7-10,12,14,18-20,24H,5-6,11,13,15-17H2,1-4H3/t24-/m0/s1. The molecule has 1 atom stereocenters. The lowest BCUT2D eigenvalue weighted by Crippen LogP contribution is -2.49. The van der Waals surface area contributed by atoms with E-state index in [-0.39, 0.29) is 30.3 Å². The van der Waals surface area contributed by atoms with Crippen LogP contribution in [0.25, 0.3) is 0 Å². The molecule has 5 nitrogen and oxygen atoms in total. The van der Waals surface area contributed by atoms with Crippen LogP contribution in [0, 0.1) is 11.8 Å². The molecule has 6 heteroatoms. The SMILES string of the molecule is CC(C)C(=O)N(CC(=O)N1CCc2sccc2[C@@H]1COc1ccc(C(C)C)cc1)CC1CC1. The normalized spacial score (nSPS) is 17.9. The Kier molecular flexibility index (Phi) is 7.42. The van der Waals surface area contributed by atoms with E-state index in [9.17, 15) is 9.59 Å². The lowest BCUT2D eigenvalue weighted by Gasteiger charge is -2.37. The molecule has 0 spiro atoms. The first-order chi connectivity index (χ1) is 15.8. The van der Waals surface area contributed by atoms with E-state index >= 15 is 0 Å². The van der Waals surface area contributed by atoms with Gasteiger partial charge in [-0.15, -0.1) is 11.3 Å². The molecule has 2 aliphatic rings. The van der Waals surface area contributed by atoms with Gasteiger partial charge in [-0.25, -0.2) is 0 Å². The van der Waals surface area contributed by atoms with E-state index in [2.05, 4.69) is 37.4 Å². The molecule has 178 valence electrons. The zero-order valence-electron chi connectivity index (χ0n) is 20.3. The van der Waals surface area contributed by atoms with Crippen LogP contribution in [0.1, 0.15) is 68.5 Å². The highest BCUT2D eigenvalue weighted by atomic mass is 32.1. The highest BCUT2D eigenvalue weighted by molar-refractivity contribution is 7.10. The molecule has 2 aromatic rings. The minimum absolute atomic E-state index is 0.0188. The maximum absolute atomic E-state index is 13.5. The molecular formula is C27H36N2O3S. The molecule has 4 rings (SSSR count). The summed E-state index contributed by atoms with van der Waals surface area (Å²) in [6, 6.07) is 10.2. The van der Waals surface area contributed by atoms with Crippen LogP contribution in [-0.2, 0) is 16.0 Å². The topological polar surface area (TPSA) is 49.9 Å². The summed E-state index contributed by atoms with van der Waals surface area (Å²) in [5.74, 6) is 1.84. The van der Waals surface area contributed by atoms with Gasteiger partial charge in [0.1, 0.15) is 12.4 Å². The van der Waals surface area contributed by atoms with Gasteiger partial charge in [-0.2, -0.15) is 0 Å². The fourth-order valence-electron chi connectivity index (χ4n) is 4.46. The van der Waals surface area contributed by atoms with Crippen molar-refractivity contribution in [3.63, 3.8) is 0 Å². The van der Waals surface area contributed by atoms with Crippen molar-refractivity contribution in [1.29, 1.82) is 0 Å². The molecule has 0 unspecified atom stereocenters. The van der Waals surface area contributed by atoms with Crippen LogP contribution in [0.5, 0.6) is 5.75 Å². The molecule has 0 N–H and O–H groups in total.